The van der Waals surface area contributed by atoms with Gasteiger partial charge in [-0.25, -0.2) is 9.97 Å². The van der Waals surface area contributed by atoms with Crippen LogP contribution in [-0.4, -0.2) is 39.7 Å². The monoisotopic (exact) mass is 332 g/mol. The predicted molar refractivity (Wildman–Crippen MR) is 91.7 cm³/mol. The highest BCUT2D eigenvalue weighted by molar-refractivity contribution is 5.59. The first-order valence-electron chi connectivity index (χ1n) is 7.97. The Labute approximate surface area is 144 Å². The van der Waals surface area contributed by atoms with Gasteiger partial charge in [0.15, 0.2) is 5.82 Å². The van der Waals surface area contributed by atoms with Gasteiger partial charge in [0.1, 0.15) is 11.5 Å². The van der Waals surface area contributed by atoms with Crippen molar-refractivity contribution in [3.8, 4) is 22.8 Å². The number of rotatable bonds is 3. The molecule has 0 bridgehead atoms. The van der Waals surface area contributed by atoms with Crippen LogP contribution in [0, 0.1) is 6.92 Å². The minimum absolute atomic E-state index is 0.238. The molecule has 0 N–H and O–H groups in total. The van der Waals surface area contributed by atoms with Crippen molar-refractivity contribution in [2.45, 2.75) is 26.7 Å². The Morgan fingerprint density at radius 3 is 2.52 bits per heavy atom. The Bertz CT molecular complexity index is 1040. The molecule has 4 rings (SSSR count). The van der Waals surface area contributed by atoms with Crippen molar-refractivity contribution in [1.29, 1.82) is 0 Å². The lowest BCUT2D eigenvalue weighted by Crippen LogP contribution is -2.05. The maximum Gasteiger partial charge on any atom is 0.272 e. The minimum Gasteiger partial charge on any atom is -0.265 e. The molecule has 0 saturated heterocycles. The van der Waals surface area contributed by atoms with Gasteiger partial charge in [0.05, 0.1) is 11.4 Å². The number of nitrogens with zero attached hydrogens (tertiary/aromatic N) is 8. The maximum absolute atomic E-state index is 4.59. The number of fused-ring (bicyclic) bond motifs is 1. The summed E-state index contributed by atoms with van der Waals surface area (Å²) >= 11 is 0. The second-order valence-electron chi connectivity index (χ2n) is 5.97. The molecule has 8 nitrogen and oxygen atoms in total. The first-order valence-corrected chi connectivity index (χ1v) is 7.97. The molecule has 0 fully saturated rings. The van der Waals surface area contributed by atoms with Crippen LogP contribution in [0.5, 0.6) is 0 Å². The first kappa shape index (κ1) is 15.3. The molecule has 0 saturated carbocycles. The Morgan fingerprint density at radius 2 is 1.76 bits per heavy atom. The largest absolute Gasteiger partial charge is 0.272 e. The molecule has 0 radical (unpaired) electrons. The molecule has 4 aromatic heterocycles. The molecule has 0 aliphatic rings. The van der Waals surface area contributed by atoms with Gasteiger partial charge in [0.2, 0.25) is 0 Å². The van der Waals surface area contributed by atoms with Crippen molar-refractivity contribution in [3.63, 3.8) is 0 Å². The summed E-state index contributed by atoms with van der Waals surface area (Å²) in [5, 5.41) is 13.1. The van der Waals surface area contributed by atoms with Crippen LogP contribution < -0.4 is 0 Å². The molecule has 0 aliphatic heterocycles. The summed E-state index contributed by atoms with van der Waals surface area (Å²) < 4.78 is 1.69. The van der Waals surface area contributed by atoms with E-state index < -0.39 is 0 Å². The third-order valence-electron chi connectivity index (χ3n) is 3.86. The lowest BCUT2D eigenvalue weighted by Gasteiger charge is -2.07. The highest BCUT2D eigenvalue weighted by Gasteiger charge is 2.15. The van der Waals surface area contributed by atoms with Crippen LogP contribution >= 0.6 is 0 Å². The van der Waals surface area contributed by atoms with Crippen LogP contribution in [0.15, 0.2) is 36.8 Å². The Balaban J connectivity index is 1.84. The van der Waals surface area contributed by atoms with Crippen LogP contribution in [0.3, 0.4) is 0 Å². The molecule has 4 heterocycles. The fraction of sp³-hybridized carbons (Fsp3) is 0.235. The van der Waals surface area contributed by atoms with Crippen molar-refractivity contribution in [1.82, 2.24) is 39.7 Å². The number of aryl methyl sites for hydroxylation is 1. The van der Waals surface area contributed by atoms with Crippen molar-refractivity contribution in [2.75, 3.05) is 0 Å². The highest BCUT2D eigenvalue weighted by Crippen LogP contribution is 2.21. The van der Waals surface area contributed by atoms with Gasteiger partial charge in [-0.05, 0) is 25.1 Å². The van der Waals surface area contributed by atoms with Crippen LogP contribution in [-0.2, 0) is 0 Å². The third-order valence-corrected chi connectivity index (χ3v) is 3.86. The molecule has 124 valence electrons. The van der Waals surface area contributed by atoms with Crippen LogP contribution in [0.2, 0.25) is 0 Å². The van der Waals surface area contributed by atoms with E-state index in [1.54, 1.807) is 23.1 Å². The predicted octanol–water partition coefficient (Wildman–Crippen LogP) is 2.47. The summed E-state index contributed by atoms with van der Waals surface area (Å²) in [6.07, 6.45) is 5.16. The average molecular weight is 332 g/mol. The van der Waals surface area contributed by atoms with E-state index in [9.17, 15) is 0 Å². The first-order chi connectivity index (χ1) is 12.1. The molecule has 0 amide bonds. The van der Waals surface area contributed by atoms with Crippen LogP contribution in [0.25, 0.3) is 28.6 Å². The molecule has 0 aromatic carbocycles. The van der Waals surface area contributed by atoms with E-state index in [0.717, 1.165) is 22.8 Å². The third kappa shape index (κ3) is 2.71. The zero-order valence-corrected chi connectivity index (χ0v) is 14.1. The maximum atomic E-state index is 4.59. The smallest absolute Gasteiger partial charge is 0.265 e. The average Bonchev–Trinajstić information content (AvgIpc) is 3.08. The van der Waals surface area contributed by atoms with Gasteiger partial charge in [0, 0.05) is 30.1 Å². The summed E-state index contributed by atoms with van der Waals surface area (Å²) in [6, 6.07) is 5.55. The van der Waals surface area contributed by atoms with E-state index in [-0.39, 0.29) is 5.92 Å². The molecular formula is C17H16N8. The topological polar surface area (TPSA) is 94.6 Å². The number of hydrogen-bond donors (Lipinski definition) is 0. The van der Waals surface area contributed by atoms with E-state index in [0.29, 0.717) is 17.3 Å². The summed E-state index contributed by atoms with van der Waals surface area (Å²) in [5.74, 6) is 2.05. The summed E-state index contributed by atoms with van der Waals surface area (Å²) in [4.78, 5) is 17.3. The molecule has 4 aromatic rings. The van der Waals surface area contributed by atoms with Gasteiger partial charge >= 0.3 is 0 Å². The summed E-state index contributed by atoms with van der Waals surface area (Å²) in [7, 11) is 0. The van der Waals surface area contributed by atoms with Crippen molar-refractivity contribution in [2.24, 2.45) is 0 Å². The SMILES string of the molecule is Cc1c(-c2ccnc(C(C)C)n2)nnc2nc(-c3ccncc3)nn12. The van der Waals surface area contributed by atoms with E-state index in [1.807, 2.05) is 25.1 Å². The van der Waals surface area contributed by atoms with Gasteiger partial charge in [-0.1, -0.05) is 13.8 Å². The summed E-state index contributed by atoms with van der Waals surface area (Å²) in [5.41, 5.74) is 3.10. The Hall–Kier alpha value is -3.29. The zero-order valence-electron chi connectivity index (χ0n) is 14.1. The molecule has 25 heavy (non-hydrogen) atoms. The molecule has 0 atom stereocenters. The van der Waals surface area contributed by atoms with Gasteiger partial charge in [-0.15, -0.1) is 15.3 Å². The number of aromatic nitrogens is 8. The van der Waals surface area contributed by atoms with E-state index >= 15 is 0 Å². The Morgan fingerprint density at radius 1 is 0.960 bits per heavy atom. The summed E-state index contributed by atoms with van der Waals surface area (Å²) in [6.45, 7) is 6.04. The lowest BCUT2D eigenvalue weighted by molar-refractivity contribution is 0.772. The van der Waals surface area contributed by atoms with Gasteiger partial charge in [-0.2, -0.15) is 9.50 Å². The van der Waals surface area contributed by atoms with Crippen molar-refractivity contribution >= 4 is 5.78 Å². The van der Waals surface area contributed by atoms with Gasteiger partial charge in [0.25, 0.3) is 5.78 Å². The second-order valence-corrected chi connectivity index (χ2v) is 5.97. The van der Waals surface area contributed by atoms with Crippen LogP contribution in [0.4, 0.5) is 0 Å². The molecule has 0 unspecified atom stereocenters. The zero-order chi connectivity index (χ0) is 17.4. The number of hydrogen-bond acceptors (Lipinski definition) is 7. The number of pyridine rings is 1. The minimum atomic E-state index is 0.238. The van der Waals surface area contributed by atoms with E-state index in [4.69, 9.17) is 0 Å². The fourth-order valence-corrected chi connectivity index (χ4v) is 2.50. The normalized spacial score (nSPS) is 11.4. The van der Waals surface area contributed by atoms with Gasteiger partial charge in [-0.3, -0.25) is 4.98 Å². The fourth-order valence-electron chi connectivity index (χ4n) is 2.50. The quantitative estimate of drug-likeness (QED) is 0.568. The molecule has 8 heteroatoms. The lowest BCUT2D eigenvalue weighted by atomic mass is 10.2. The molecule has 0 aliphatic carbocycles. The van der Waals surface area contributed by atoms with Gasteiger partial charge < -0.3 is 0 Å². The van der Waals surface area contributed by atoms with E-state index in [2.05, 4.69) is 49.1 Å². The van der Waals surface area contributed by atoms with E-state index in [1.165, 1.54) is 0 Å². The van der Waals surface area contributed by atoms with Crippen LogP contribution in [0.1, 0.15) is 31.3 Å². The highest BCUT2D eigenvalue weighted by atomic mass is 15.4. The van der Waals surface area contributed by atoms with Crippen molar-refractivity contribution < 1.29 is 0 Å². The second kappa shape index (κ2) is 5.97. The standard InChI is InChI=1S/C17H16N8/c1-10(2)15-19-9-6-13(20-15)14-11(3)25-17(23-22-14)21-16(24-25)12-4-7-18-8-5-12/h4-10H,1-3H3. The Kier molecular flexibility index (Phi) is 3.64. The van der Waals surface area contributed by atoms with Crippen molar-refractivity contribution in [3.05, 3.63) is 48.3 Å². The molecule has 0 spiro atoms. The molecular weight excluding hydrogens is 316 g/mol.